The molecule has 0 saturated heterocycles. The molecule has 6 nitrogen and oxygen atoms in total. The van der Waals surface area contributed by atoms with Crippen molar-refractivity contribution in [3.05, 3.63) is 47.9 Å². The van der Waals surface area contributed by atoms with E-state index in [-0.39, 0.29) is 29.6 Å². The molecule has 20 heavy (non-hydrogen) atoms. The van der Waals surface area contributed by atoms with E-state index >= 15 is 0 Å². The summed E-state index contributed by atoms with van der Waals surface area (Å²) in [4.78, 5) is 27.5. The van der Waals surface area contributed by atoms with Gasteiger partial charge in [-0.25, -0.2) is 0 Å². The largest absolute Gasteiger partial charge is 0.431 e. The molecule has 0 aliphatic heterocycles. The minimum absolute atomic E-state index is 0.00144. The molecule has 2 N–H and O–H groups in total. The Balaban J connectivity index is 2.03. The third kappa shape index (κ3) is 3.44. The third-order valence-corrected chi connectivity index (χ3v) is 2.41. The van der Waals surface area contributed by atoms with Crippen molar-refractivity contribution in [2.75, 3.05) is 5.32 Å². The van der Waals surface area contributed by atoms with Crippen molar-refractivity contribution >= 4 is 17.8 Å². The van der Waals surface area contributed by atoms with Gasteiger partial charge in [0.05, 0.1) is 0 Å². The fourth-order valence-electron chi connectivity index (χ4n) is 1.53. The second-order valence-corrected chi connectivity index (χ2v) is 4.49. The van der Waals surface area contributed by atoms with Crippen molar-refractivity contribution in [1.29, 1.82) is 0 Å². The van der Waals surface area contributed by atoms with Crippen LogP contribution in [0.25, 0.3) is 0 Å². The average molecular weight is 273 g/mol. The van der Waals surface area contributed by atoms with Gasteiger partial charge in [0, 0.05) is 11.6 Å². The average Bonchev–Trinajstić information content (AvgIpc) is 2.87. The number of aromatic nitrogens is 1. The molecule has 6 heteroatoms. The zero-order valence-corrected chi connectivity index (χ0v) is 11.2. The van der Waals surface area contributed by atoms with E-state index in [1.54, 1.807) is 24.3 Å². The van der Waals surface area contributed by atoms with E-state index in [2.05, 4.69) is 15.6 Å². The van der Waals surface area contributed by atoms with Gasteiger partial charge in [0.1, 0.15) is 6.26 Å². The van der Waals surface area contributed by atoms with Crippen LogP contribution in [0.15, 0.2) is 41.0 Å². The lowest BCUT2D eigenvalue weighted by molar-refractivity contribution is 0.0937. The van der Waals surface area contributed by atoms with Crippen LogP contribution in [0.3, 0.4) is 0 Å². The molecule has 0 atom stereocenters. The Labute approximate surface area is 116 Å². The molecule has 0 aliphatic rings. The van der Waals surface area contributed by atoms with E-state index in [4.69, 9.17) is 4.42 Å². The van der Waals surface area contributed by atoms with Crippen LogP contribution in [0, 0.1) is 0 Å². The van der Waals surface area contributed by atoms with E-state index in [0.717, 1.165) is 0 Å². The van der Waals surface area contributed by atoms with Crippen LogP contribution in [-0.4, -0.2) is 22.8 Å². The highest BCUT2D eigenvalue weighted by Gasteiger charge is 2.15. The van der Waals surface area contributed by atoms with Crippen molar-refractivity contribution in [3.63, 3.8) is 0 Å². The molecule has 0 aliphatic carbocycles. The number of rotatable bonds is 4. The fourth-order valence-corrected chi connectivity index (χ4v) is 1.53. The van der Waals surface area contributed by atoms with Gasteiger partial charge >= 0.3 is 6.01 Å². The van der Waals surface area contributed by atoms with Crippen LogP contribution in [0.5, 0.6) is 0 Å². The predicted molar refractivity (Wildman–Crippen MR) is 73.5 cm³/mol. The number of benzene rings is 1. The summed E-state index contributed by atoms with van der Waals surface area (Å²) in [6, 6.07) is 8.66. The quantitative estimate of drug-likeness (QED) is 0.893. The van der Waals surface area contributed by atoms with E-state index < -0.39 is 0 Å². The number of nitrogens with one attached hydrogen (secondary N) is 2. The number of hydrogen-bond acceptors (Lipinski definition) is 4. The van der Waals surface area contributed by atoms with Crippen molar-refractivity contribution < 1.29 is 14.0 Å². The Hall–Kier alpha value is -2.63. The van der Waals surface area contributed by atoms with Gasteiger partial charge in [0.15, 0.2) is 5.69 Å². The van der Waals surface area contributed by atoms with Crippen LogP contribution in [0.2, 0.25) is 0 Å². The highest BCUT2D eigenvalue weighted by molar-refractivity contribution is 6.03. The molecule has 0 spiro atoms. The lowest BCUT2D eigenvalue weighted by atomic mass is 10.2. The molecule has 0 saturated carbocycles. The van der Waals surface area contributed by atoms with Crippen LogP contribution < -0.4 is 10.6 Å². The van der Waals surface area contributed by atoms with Gasteiger partial charge in [-0.3, -0.25) is 14.9 Å². The van der Waals surface area contributed by atoms with Crippen LogP contribution >= 0.6 is 0 Å². The molecule has 1 heterocycles. The number of nitrogens with zero attached hydrogens (tertiary/aromatic N) is 1. The van der Waals surface area contributed by atoms with E-state index in [9.17, 15) is 9.59 Å². The van der Waals surface area contributed by atoms with Crippen LogP contribution in [0.4, 0.5) is 6.01 Å². The minimum atomic E-state index is -0.344. The van der Waals surface area contributed by atoms with Gasteiger partial charge in [-0.1, -0.05) is 18.2 Å². The Morgan fingerprint density at radius 2 is 1.85 bits per heavy atom. The number of carbonyl (C=O) groups excluding carboxylic acids is 2. The van der Waals surface area contributed by atoms with Crippen LogP contribution in [0.1, 0.15) is 34.7 Å². The molecular formula is C14H15N3O3. The predicted octanol–water partition coefficient (Wildman–Crippen LogP) is 2.07. The highest BCUT2D eigenvalue weighted by atomic mass is 16.4. The summed E-state index contributed by atoms with van der Waals surface area (Å²) in [5, 5.41) is 5.17. The second-order valence-electron chi connectivity index (χ2n) is 4.49. The maximum atomic E-state index is 11.9. The summed E-state index contributed by atoms with van der Waals surface area (Å²) in [6.45, 7) is 3.69. The number of carbonyl (C=O) groups is 2. The summed E-state index contributed by atoms with van der Waals surface area (Å²) in [5.41, 5.74) is 0.612. The Kier molecular flexibility index (Phi) is 4.14. The summed E-state index contributed by atoms with van der Waals surface area (Å²) in [5.74, 6) is -0.688. The molecule has 0 fully saturated rings. The first kappa shape index (κ1) is 13.8. The number of hydrogen-bond donors (Lipinski definition) is 2. The van der Waals surface area contributed by atoms with Crippen molar-refractivity contribution in [2.45, 2.75) is 19.9 Å². The van der Waals surface area contributed by atoms with E-state index in [0.29, 0.717) is 5.56 Å². The summed E-state index contributed by atoms with van der Waals surface area (Å²) < 4.78 is 5.06. The van der Waals surface area contributed by atoms with E-state index in [1.807, 2.05) is 19.9 Å². The first-order valence-corrected chi connectivity index (χ1v) is 6.19. The van der Waals surface area contributed by atoms with Gasteiger partial charge in [0.25, 0.3) is 11.8 Å². The first-order valence-electron chi connectivity index (χ1n) is 6.19. The van der Waals surface area contributed by atoms with E-state index in [1.165, 1.54) is 6.26 Å². The molecule has 2 rings (SSSR count). The van der Waals surface area contributed by atoms with Gasteiger partial charge in [-0.2, -0.15) is 4.98 Å². The standard InChI is InChI=1S/C14H15N3O3/c1-9(2)15-13(19)11-8-20-14(16-11)17-12(18)10-6-4-3-5-7-10/h3-9H,1-2H3,(H,15,19)(H,16,17,18). The zero-order chi connectivity index (χ0) is 14.5. The molecule has 0 unspecified atom stereocenters. The van der Waals surface area contributed by atoms with Gasteiger partial charge in [0.2, 0.25) is 0 Å². The van der Waals surface area contributed by atoms with Crippen molar-refractivity contribution in [1.82, 2.24) is 10.3 Å². The summed E-state index contributed by atoms with van der Waals surface area (Å²) >= 11 is 0. The topological polar surface area (TPSA) is 84.2 Å². The van der Waals surface area contributed by atoms with Crippen molar-refractivity contribution in [2.24, 2.45) is 0 Å². The lowest BCUT2D eigenvalue weighted by Crippen LogP contribution is -2.30. The van der Waals surface area contributed by atoms with Crippen LogP contribution in [-0.2, 0) is 0 Å². The summed E-state index contributed by atoms with van der Waals surface area (Å²) in [7, 11) is 0. The maximum Gasteiger partial charge on any atom is 0.302 e. The lowest BCUT2D eigenvalue weighted by Gasteiger charge is -2.04. The van der Waals surface area contributed by atoms with Gasteiger partial charge in [-0.05, 0) is 26.0 Å². The highest BCUT2D eigenvalue weighted by Crippen LogP contribution is 2.10. The third-order valence-electron chi connectivity index (χ3n) is 2.41. The molecule has 0 bridgehead atoms. The second kappa shape index (κ2) is 6.01. The number of anilines is 1. The molecular weight excluding hydrogens is 258 g/mol. The molecule has 2 aromatic rings. The Morgan fingerprint density at radius 3 is 2.50 bits per heavy atom. The van der Waals surface area contributed by atoms with Gasteiger partial charge < -0.3 is 9.73 Å². The fraction of sp³-hybridized carbons (Fsp3) is 0.214. The Bertz CT molecular complexity index is 605. The molecule has 1 aromatic heterocycles. The Morgan fingerprint density at radius 1 is 1.15 bits per heavy atom. The smallest absolute Gasteiger partial charge is 0.302 e. The molecule has 104 valence electrons. The zero-order valence-electron chi connectivity index (χ0n) is 11.2. The SMILES string of the molecule is CC(C)NC(=O)c1coc(NC(=O)c2ccccc2)n1. The number of amides is 2. The van der Waals surface area contributed by atoms with Crippen molar-refractivity contribution in [3.8, 4) is 0 Å². The normalized spacial score (nSPS) is 10.3. The molecule has 0 radical (unpaired) electrons. The maximum absolute atomic E-state index is 11.9. The monoisotopic (exact) mass is 273 g/mol. The number of oxazole rings is 1. The first-order chi connectivity index (χ1) is 9.56. The minimum Gasteiger partial charge on any atom is -0.431 e. The van der Waals surface area contributed by atoms with Gasteiger partial charge in [-0.15, -0.1) is 0 Å². The summed E-state index contributed by atoms with van der Waals surface area (Å²) in [6.07, 6.45) is 1.21. The molecule has 1 aromatic carbocycles. The molecule has 2 amide bonds.